The summed E-state index contributed by atoms with van der Waals surface area (Å²) in [5, 5.41) is 0. The molecule has 2 nitrogen and oxygen atoms in total. The van der Waals surface area contributed by atoms with Gasteiger partial charge in [-0.05, 0) is 12.5 Å². The summed E-state index contributed by atoms with van der Waals surface area (Å²) in [4.78, 5) is 3.46. The SMILES string of the molecule is CC(=N/C(=C\N)C(F)(F)F)c1ccccc1. The minimum absolute atomic E-state index is 0.273. The number of nitrogens with zero attached hydrogens (tertiary/aromatic N) is 1. The van der Waals surface area contributed by atoms with E-state index in [0.29, 0.717) is 11.8 Å². The van der Waals surface area contributed by atoms with Gasteiger partial charge in [0.05, 0.1) is 0 Å². The summed E-state index contributed by atoms with van der Waals surface area (Å²) in [5.74, 6) is 0. The number of benzene rings is 1. The number of alkyl halides is 3. The first-order chi connectivity index (χ1) is 7.45. The van der Waals surface area contributed by atoms with Gasteiger partial charge in [0.1, 0.15) is 0 Å². The first-order valence-electron chi connectivity index (χ1n) is 4.55. The van der Waals surface area contributed by atoms with Gasteiger partial charge in [-0.3, -0.25) is 0 Å². The molecule has 0 saturated heterocycles. The second-order valence-electron chi connectivity index (χ2n) is 3.11. The molecule has 0 bridgehead atoms. The lowest BCUT2D eigenvalue weighted by Crippen LogP contribution is -2.13. The first kappa shape index (κ1) is 12.3. The van der Waals surface area contributed by atoms with Crippen LogP contribution < -0.4 is 5.73 Å². The summed E-state index contributed by atoms with van der Waals surface area (Å²) in [6.45, 7) is 1.50. The third kappa shape index (κ3) is 3.12. The quantitative estimate of drug-likeness (QED) is 0.776. The first-order valence-corrected chi connectivity index (χ1v) is 4.55. The van der Waals surface area contributed by atoms with E-state index in [-0.39, 0.29) is 5.71 Å². The summed E-state index contributed by atoms with van der Waals surface area (Å²) in [5.41, 5.74) is 4.71. The van der Waals surface area contributed by atoms with Crippen molar-refractivity contribution in [2.24, 2.45) is 10.7 Å². The van der Waals surface area contributed by atoms with Gasteiger partial charge in [0, 0.05) is 11.9 Å². The lowest BCUT2D eigenvalue weighted by molar-refractivity contribution is -0.0925. The van der Waals surface area contributed by atoms with Gasteiger partial charge in [0.25, 0.3) is 0 Å². The van der Waals surface area contributed by atoms with Crippen LogP contribution in [-0.4, -0.2) is 11.9 Å². The highest BCUT2D eigenvalue weighted by molar-refractivity contribution is 5.99. The molecular formula is C11H11F3N2. The molecule has 0 spiro atoms. The van der Waals surface area contributed by atoms with E-state index < -0.39 is 11.9 Å². The van der Waals surface area contributed by atoms with Gasteiger partial charge in [0.15, 0.2) is 5.70 Å². The zero-order valence-corrected chi connectivity index (χ0v) is 8.62. The zero-order chi connectivity index (χ0) is 12.2. The molecule has 0 amide bonds. The van der Waals surface area contributed by atoms with Crippen LogP contribution in [0.25, 0.3) is 0 Å². The Balaban J connectivity index is 3.02. The average molecular weight is 228 g/mol. The van der Waals surface area contributed by atoms with Crippen LogP contribution in [0.3, 0.4) is 0 Å². The molecule has 0 unspecified atom stereocenters. The summed E-state index contributed by atoms with van der Waals surface area (Å²) < 4.78 is 37.0. The average Bonchev–Trinajstić information content (AvgIpc) is 2.25. The Bertz CT molecular complexity index is 405. The Morgan fingerprint density at radius 2 is 1.81 bits per heavy atom. The maximum atomic E-state index is 12.3. The molecule has 86 valence electrons. The molecule has 0 fully saturated rings. The lowest BCUT2D eigenvalue weighted by atomic mass is 10.1. The molecule has 1 rings (SSSR count). The maximum absolute atomic E-state index is 12.3. The number of nitrogens with two attached hydrogens (primary N) is 1. The molecule has 0 atom stereocenters. The maximum Gasteiger partial charge on any atom is 0.434 e. The Kier molecular flexibility index (Phi) is 3.71. The number of hydrogen-bond donors (Lipinski definition) is 1. The highest BCUT2D eigenvalue weighted by Gasteiger charge is 2.33. The Hall–Kier alpha value is -1.78. The van der Waals surface area contributed by atoms with E-state index in [1.165, 1.54) is 6.92 Å². The molecule has 0 aliphatic heterocycles. The van der Waals surface area contributed by atoms with E-state index in [1.54, 1.807) is 30.3 Å². The molecular weight excluding hydrogens is 217 g/mol. The smallest absolute Gasteiger partial charge is 0.403 e. The van der Waals surface area contributed by atoms with Gasteiger partial charge < -0.3 is 5.73 Å². The molecule has 16 heavy (non-hydrogen) atoms. The predicted octanol–water partition coefficient (Wildman–Crippen LogP) is 2.86. The van der Waals surface area contributed by atoms with Crippen LogP contribution in [0.15, 0.2) is 47.2 Å². The van der Waals surface area contributed by atoms with Crippen LogP contribution in [0, 0.1) is 0 Å². The van der Waals surface area contributed by atoms with Gasteiger partial charge >= 0.3 is 6.18 Å². The molecule has 1 aromatic rings. The minimum atomic E-state index is -4.52. The molecule has 0 aliphatic carbocycles. The van der Waals surface area contributed by atoms with Crippen molar-refractivity contribution in [3.8, 4) is 0 Å². The van der Waals surface area contributed by atoms with Crippen LogP contribution in [-0.2, 0) is 0 Å². The van der Waals surface area contributed by atoms with Crippen LogP contribution in [0.2, 0.25) is 0 Å². The number of aliphatic imine (C=N–C) groups is 1. The largest absolute Gasteiger partial charge is 0.434 e. The van der Waals surface area contributed by atoms with E-state index in [2.05, 4.69) is 4.99 Å². The monoisotopic (exact) mass is 228 g/mol. The second kappa shape index (κ2) is 4.83. The van der Waals surface area contributed by atoms with E-state index in [1.807, 2.05) is 0 Å². The van der Waals surface area contributed by atoms with E-state index in [4.69, 9.17) is 5.73 Å². The van der Waals surface area contributed by atoms with Crippen molar-refractivity contribution >= 4 is 5.71 Å². The van der Waals surface area contributed by atoms with Crippen LogP contribution in [0.4, 0.5) is 13.2 Å². The third-order valence-electron chi connectivity index (χ3n) is 1.93. The molecule has 0 aromatic heterocycles. The van der Waals surface area contributed by atoms with Gasteiger partial charge in [0.2, 0.25) is 0 Å². The fraction of sp³-hybridized carbons (Fsp3) is 0.182. The van der Waals surface area contributed by atoms with Gasteiger partial charge in [-0.25, -0.2) is 4.99 Å². The summed E-state index contributed by atoms with van der Waals surface area (Å²) in [7, 11) is 0. The molecule has 2 N–H and O–H groups in total. The van der Waals surface area contributed by atoms with Gasteiger partial charge in [-0.15, -0.1) is 0 Å². The Morgan fingerprint density at radius 1 is 1.25 bits per heavy atom. The van der Waals surface area contributed by atoms with Gasteiger partial charge in [-0.1, -0.05) is 30.3 Å². The Labute approximate surface area is 91.3 Å². The fourth-order valence-electron chi connectivity index (χ4n) is 1.12. The van der Waals surface area contributed by atoms with Crippen molar-refractivity contribution in [1.29, 1.82) is 0 Å². The lowest BCUT2D eigenvalue weighted by Gasteiger charge is -2.07. The highest BCUT2D eigenvalue weighted by atomic mass is 19.4. The van der Waals surface area contributed by atoms with Crippen molar-refractivity contribution < 1.29 is 13.2 Å². The molecule has 0 aliphatic rings. The molecule has 0 heterocycles. The van der Waals surface area contributed by atoms with Crippen molar-refractivity contribution in [3.63, 3.8) is 0 Å². The number of rotatable bonds is 2. The number of hydrogen-bond acceptors (Lipinski definition) is 2. The normalized spacial score (nSPS) is 14.0. The standard InChI is InChI=1S/C11H11F3N2/c1-8(9-5-3-2-4-6-9)16-10(7-15)11(12,13)14/h2-7H,15H2,1H3/b10-7-,16-8?. The summed E-state index contributed by atoms with van der Waals surface area (Å²) in [6.07, 6.45) is -4.06. The Morgan fingerprint density at radius 3 is 2.25 bits per heavy atom. The molecule has 0 saturated carbocycles. The number of allylic oxidation sites excluding steroid dienone is 1. The molecule has 5 heteroatoms. The van der Waals surface area contributed by atoms with Gasteiger partial charge in [-0.2, -0.15) is 13.2 Å². The topological polar surface area (TPSA) is 38.4 Å². The predicted molar refractivity (Wildman–Crippen MR) is 57.0 cm³/mol. The van der Waals surface area contributed by atoms with E-state index in [9.17, 15) is 13.2 Å². The van der Waals surface area contributed by atoms with Crippen LogP contribution in [0.5, 0.6) is 0 Å². The van der Waals surface area contributed by atoms with Crippen molar-refractivity contribution in [1.82, 2.24) is 0 Å². The number of halogens is 3. The van der Waals surface area contributed by atoms with Crippen LogP contribution >= 0.6 is 0 Å². The molecule has 0 radical (unpaired) electrons. The second-order valence-corrected chi connectivity index (χ2v) is 3.11. The van der Waals surface area contributed by atoms with Crippen molar-refractivity contribution in [2.45, 2.75) is 13.1 Å². The van der Waals surface area contributed by atoms with Crippen molar-refractivity contribution in [3.05, 3.63) is 47.8 Å². The summed E-state index contributed by atoms with van der Waals surface area (Å²) in [6, 6.07) is 8.61. The minimum Gasteiger partial charge on any atom is -0.403 e. The molecule has 1 aromatic carbocycles. The van der Waals surface area contributed by atoms with Crippen molar-refractivity contribution in [2.75, 3.05) is 0 Å². The van der Waals surface area contributed by atoms with Crippen LogP contribution in [0.1, 0.15) is 12.5 Å². The zero-order valence-electron chi connectivity index (χ0n) is 8.62. The highest BCUT2D eigenvalue weighted by Crippen LogP contribution is 2.26. The third-order valence-corrected chi connectivity index (χ3v) is 1.93. The van der Waals surface area contributed by atoms with E-state index >= 15 is 0 Å². The van der Waals surface area contributed by atoms with E-state index in [0.717, 1.165) is 0 Å². The fourth-order valence-corrected chi connectivity index (χ4v) is 1.12. The summed E-state index contributed by atoms with van der Waals surface area (Å²) >= 11 is 0.